The van der Waals surface area contributed by atoms with E-state index < -0.39 is 5.91 Å². The van der Waals surface area contributed by atoms with Crippen LogP contribution in [0.15, 0.2) is 65.8 Å². The molecule has 1 aliphatic rings. The van der Waals surface area contributed by atoms with Gasteiger partial charge in [0.15, 0.2) is 11.5 Å². The number of anilines is 1. The van der Waals surface area contributed by atoms with E-state index in [1.165, 1.54) is 18.3 Å². The highest BCUT2D eigenvalue weighted by atomic mass is 35.5. The Hall–Kier alpha value is -4.10. The van der Waals surface area contributed by atoms with Gasteiger partial charge in [-0.15, -0.1) is 0 Å². The van der Waals surface area contributed by atoms with Crippen molar-refractivity contribution in [3.63, 3.8) is 0 Å². The number of hydrazone groups is 1. The molecule has 0 spiro atoms. The van der Waals surface area contributed by atoms with Gasteiger partial charge in [0.25, 0.3) is 11.8 Å². The maximum atomic E-state index is 12.3. The molecule has 0 fully saturated rings. The van der Waals surface area contributed by atoms with Gasteiger partial charge in [-0.3, -0.25) is 9.59 Å². The summed E-state index contributed by atoms with van der Waals surface area (Å²) in [6.07, 6.45) is 2.95. The highest BCUT2D eigenvalue weighted by Crippen LogP contribution is 2.35. The monoisotopic (exact) mass is 433 g/mol. The number of carbonyl (C=O) groups excluding carboxylic acids is 2. The van der Waals surface area contributed by atoms with Crippen LogP contribution in [0.5, 0.6) is 11.5 Å². The quantitative estimate of drug-likeness (QED) is 0.215. The topological polar surface area (TPSA) is 111 Å². The van der Waals surface area contributed by atoms with Crippen LogP contribution in [0.4, 0.5) is 5.69 Å². The van der Waals surface area contributed by atoms with Crippen LogP contribution in [0.25, 0.3) is 11.6 Å². The number of fused-ring (bicyclic) bond motifs is 1. The van der Waals surface area contributed by atoms with Crippen molar-refractivity contribution in [1.29, 1.82) is 0 Å². The number of hydrogen-bond acceptors (Lipinski definition) is 5. The molecule has 0 atom stereocenters. The van der Waals surface area contributed by atoms with Gasteiger partial charge in [-0.2, -0.15) is 5.10 Å². The van der Waals surface area contributed by atoms with E-state index >= 15 is 0 Å². The van der Waals surface area contributed by atoms with E-state index in [-0.39, 0.29) is 23.0 Å². The van der Waals surface area contributed by atoms with E-state index in [4.69, 9.17) is 11.6 Å². The summed E-state index contributed by atoms with van der Waals surface area (Å²) in [6, 6.07) is 16.2. The van der Waals surface area contributed by atoms with Crippen molar-refractivity contribution < 1.29 is 19.8 Å². The van der Waals surface area contributed by atoms with Crippen LogP contribution in [-0.2, 0) is 4.79 Å². The van der Waals surface area contributed by atoms with Crippen LogP contribution >= 0.6 is 11.6 Å². The second kappa shape index (κ2) is 8.33. The van der Waals surface area contributed by atoms with Gasteiger partial charge in [-0.25, -0.2) is 5.43 Å². The normalized spacial score (nSPS) is 14.0. The Balaban J connectivity index is 1.47. The van der Waals surface area contributed by atoms with Gasteiger partial charge in [-0.1, -0.05) is 29.8 Å². The molecule has 154 valence electrons. The lowest BCUT2D eigenvalue weighted by Crippen LogP contribution is -2.17. The Kier molecular flexibility index (Phi) is 5.43. The number of nitrogens with zero attached hydrogens (tertiary/aromatic N) is 1. The number of halogens is 1. The highest BCUT2D eigenvalue weighted by Gasteiger charge is 2.24. The predicted molar refractivity (Wildman–Crippen MR) is 119 cm³/mol. The first-order chi connectivity index (χ1) is 14.9. The van der Waals surface area contributed by atoms with Gasteiger partial charge in [-0.05, 0) is 54.1 Å². The van der Waals surface area contributed by atoms with E-state index in [0.717, 1.165) is 11.1 Å². The van der Waals surface area contributed by atoms with Crippen molar-refractivity contribution >= 4 is 47.0 Å². The maximum Gasteiger partial charge on any atom is 0.271 e. The van der Waals surface area contributed by atoms with Crippen molar-refractivity contribution in [2.45, 2.75) is 0 Å². The zero-order valence-electron chi connectivity index (χ0n) is 16.0. The second-order valence-corrected chi connectivity index (χ2v) is 7.17. The van der Waals surface area contributed by atoms with Crippen LogP contribution in [-0.4, -0.2) is 28.2 Å². The van der Waals surface area contributed by atoms with Crippen LogP contribution < -0.4 is 10.7 Å². The third-order valence-electron chi connectivity index (χ3n) is 4.66. The number of nitrogens with one attached hydrogen (secondary N) is 2. The minimum absolute atomic E-state index is 0.219. The average molecular weight is 434 g/mol. The van der Waals surface area contributed by atoms with Crippen molar-refractivity contribution in [1.82, 2.24) is 5.43 Å². The summed E-state index contributed by atoms with van der Waals surface area (Å²) in [6.45, 7) is 0. The van der Waals surface area contributed by atoms with Gasteiger partial charge in [0, 0.05) is 33.0 Å². The van der Waals surface area contributed by atoms with Gasteiger partial charge in [0.05, 0.1) is 6.21 Å². The molecule has 7 nitrogen and oxygen atoms in total. The van der Waals surface area contributed by atoms with Crippen molar-refractivity contribution in [3.05, 3.63) is 87.9 Å². The average Bonchev–Trinajstić information content (AvgIpc) is 3.06. The number of hydrogen-bond donors (Lipinski definition) is 4. The maximum absolute atomic E-state index is 12.3. The number of phenolic OH excluding ortho intramolecular Hbond substituents is 2. The summed E-state index contributed by atoms with van der Waals surface area (Å²) in [4.78, 5) is 24.5. The van der Waals surface area contributed by atoms with E-state index in [0.29, 0.717) is 21.8 Å². The van der Waals surface area contributed by atoms with Crippen LogP contribution in [0.2, 0.25) is 5.02 Å². The predicted octanol–water partition coefficient (Wildman–Crippen LogP) is 4.01. The van der Waals surface area contributed by atoms with Crippen molar-refractivity contribution in [3.8, 4) is 11.5 Å². The fourth-order valence-corrected chi connectivity index (χ4v) is 3.25. The van der Waals surface area contributed by atoms with Crippen LogP contribution in [0.1, 0.15) is 27.0 Å². The summed E-state index contributed by atoms with van der Waals surface area (Å²) < 4.78 is 0. The molecule has 0 saturated carbocycles. The molecule has 0 aromatic heterocycles. The summed E-state index contributed by atoms with van der Waals surface area (Å²) in [7, 11) is 0. The van der Waals surface area contributed by atoms with E-state index in [1.807, 2.05) is 0 Å². The van der Waals surface area contributed by atoms with Crippen molar-refractivity contribution in [2.24, 2.45) is 5.10 Å². The fraction of sp³-hybridized carbons (Fsp3) is 0. The van der Waals surface area contributed by atoms with Gasteiger partial charge < -0.3 is 15.5 Å². The van der Waals surface area contributed by atoms with Crippen molar-refractivity contribution in [2.75, 3.05) is 5.32 Å². The molecule has 3 aromatic carbocycles. The number of para-hydroxylation sites is 1. The molecule has 0 radical (unpaired) electrons. The molecule has 4 N–H and O–H groups in total. The molecule has 1 aliphatic heterocycles. The minimum Gasteiger partial charge on any atom is -0.504 e. The molecular weight excluding hydrogens is 418 g/mol. The van der Waals surface area contributed by atoms with E-state index in [2.05, 4.69) is 15.8 Å². The molecule has 2 amide bonds. The zero-order chi connectivity index (χ0) is 22.0. The second-order valence-electron chi connectivity index (χ2n) is 6.74. The van der Waals surface area contributed by atoms with E-state index in [9.17, 15) is 19.8 Å². The molecule has 3 aromatic rings. The largest absolute Gasteiger partial charge is 0.504 e. The van der Waals surface area contributed by atoms with E-state index in [1.54, 1.807) is 54.6 Å². The third-order valence-corrected chi connectivity index (χ3v) is 4.90. The Labute approximate surface area is 182 Å². The summed E-state index contributed by atoms with van der Waals surface area (Å²) in [5.74, 6) is -1.27. The van der Waals surface area contributed by atoms with Gasteiger partial charge >= 0.3 is 0 Å². The molecule has 31 heavy (non-hydrogen) atoms. The summed E-state index contributed by atoms with van der Waals surface area (Å²) in [5.41, 5.74) is 5.63. The molecule has 4 rings (SSSR count). The molecule has 0 aliphatic carbocycles. The molecule has 0 saturated heterocycles. The Morgan fingerprint density at radius 1 is 1.06 bits per heavy atom. The minimum atomic E-state index is -0.453. The van der Waals surface area contributed by atoms with Gasteiger partial charge in [0.1, 0.15) is 0 Å². The Bertz CT molecular complexity index is 1250. The number of carbonyl (C=O) groups is 2. The van der Waals surface area contributed by atoms with Crippen LogP contribution in [0, 0.1) is 0 Å². The Morgan fingerprint density at radius 2 is 1.84 bits per heavy atom. The molecule has 8 heteroatoms. The smallest absolute Gasteiger partial charge is 0.271 e. The lowest BCUT2D eigenvalue weighted by Gasteiger charge is -2.03. The molecule has 0 bridgehead atoms. The SMILES string of the molecule is O=C1Nc2ccc(Cl)cc2/C1=C\c1ccc(C(=O)N/N=C/c2cccc(O)c2O)cc1. The third kappa shape index (κ3) is 4.26. The highest BCUT2D eigenvalue weighted by molar-refractivity contribution is 6.36. The standard InChI is InChI=1S/C23H16ClN3O4/c24-16-8-9-19-17(11-16)18(23(31)26-19)10-13-4-6-14(7-5-13)22(30)27-25-12-15-2-1-3-20(28)21(15)29/h1-12,28-29H,(H,26,31)(H,27,30)/b18-10+,25-12+. The first-order valence-corrected chi connectivity index (χ1v) is 9.57. The lowest BCUT2D eigenvalue weighted by atomic mass is 10.0. The summed E-state index contributed by atoms with van der Waals surface area (Å²) in [5, 5.41) is 26.3. The first kappa shape index (κ1) is 20.2. The number of amides is 2. The summed E-state index contributed by atoms with van der Waals surface area (Å²) >= 11 is 6.04. The van der Waals surface area contributed by atoms with Gasteiger partial charge in [0.2, 0.25) is 0 Å². The molecular formula is C23H16ClN3O4. The number of aromatic hydroxyl groups is 2. The van der Waals surface area contributed by atoms with Crippen LogP contribution in [0.3, 0.4) is 0 Å². The zero-order valence-corrected chi connectivity index (χ0v) is 16.7. The number of rotatable bonds is 4. The number of phenols is 2. The number of benzene rings is 3. The Morgan fingerprint density at radius 3 is 2.61 bits per heavy atom. The first-order valence-electron chi connectivity index (χ1n) is 9.20. The lowest BCUT2D eigenvalue weighted by molar-refractivity contribution is -0.110. The molecule has 0 unspecified atom stereocenters. The fourth-order valence-electron chi connectivity index (χ4n) is 3.08. The molecule has 1 heterocycles.